The van der Waals surface area contributed by atoms with E-state index in [1.165, 1.54) is 23.5 Å². The number of allylic oxidation sites excluding steroid dienone is 3. The number of amides is 1. The van der Waals surface area contributed by atoms with Gasteiger partial charge in [-0.15, -0.1) is 11.3 Å². The van der Waals surface area contributed by atoms with Gasteiger partial charge in [0.15, 0.2) is 0 Å². The average molecular weight is 471 g/mol. The first-order valence-electron chi connectivity index (χ1n) is 10.7. The normalized spacial score (nSPS) is 15.3. The van der Waals surface area contributed by atoms with Crippen molar-refractivity contribution in [1.82, 2.24) is 0 Å². The van der Waals surface area contributed by atoms with Gasteiger partial charge in [-0.05, 0) is 70.4 Å². The summed E-state index contributed by atoms with van der Waals surface area (Å²) in [5, 5.41) is 4.95. The summed E-state index contributed by atoms with van der Waals surface area (Å²) in [4.78, 5) is 32.3. The summed E-state index contributed by atoms with van der Waals surface area (Å²) in [6.45, 7) is 11.7. The molecular formula is C25H30N2O5S. The number of carbonyl (C=O) groups is 2. The summed E-state index contributed by atoms with van der Waals surface area (Å²) < 4.78 is 11.1. The van der Waals surface area contributed by atoms with Crippen molar-refractivity contribution in [3.8, 4) is 0 Å². The molecule has 0 spiro atoms. The average Bonchev–Trinajstić information content (AvgIpc) is 3.12. The molecule has 8 heteroatoms. The Bertz CT molecular complexity index is 1130. The monoisotopic (exact) mass is 470 g/mol. The van der Waals surface area contributed by atoms with Gasteiger partial charge in [-0.3, -0.25) is 9.63 Å². The Morgan fingerprint density at radius 2 is 1.91 bits per heavy atom. The van der Waals surface area contributed by atoms with E-state index in [1.54, 1.807) is 6.92 Å². The van der Waals surface area contributed by atoms with E-state index in [4.69, 9.17) is 14.3 Å². The molecule has 1 aromatic heterocycles. The van der Waals surface area contributed by atoms with Gasteiger partial charge < -0.3 is 14.8 Å². The summed E-state index contributed by atoms with van der Waals surface area (Å²) in [5.74, 6) is -0.0884. The molecule has 1 atom stereocenters. The van der Waals surface area contributed by atoms with Crippen LogP contribution in [0.1, 0.15) is 57.5 Å². The molecule has 33 heavy (non-hydrogen) atoms. The fraction of sp³-hybridized carbons (Fsp3) is 0.360. The third kappa shape index (κ3) is 5.12. The molecule has 2 aromatic rings. The molecule has 1 unspecified atom stereocenters. The molecule has 1 amide bonds. The highest BCUT2D eigenvalue weighted by Gasteiger charge is 2.33. The number of aryl methyl sites for hydroxylation is 2. The van der Waals surface area contributed by atoms with Crippen LogP contribution in [0, 0.1) is 20.8 Å². The smallest absolute Gasteiger partial charge is 0.341 e. The van der Waals surface area contributed by atoms with Gasteiger partial charge in [0.1, 0.15) is 10.6 Å². The second-order valence-corrected chi connectivity index (χ2v) is 8.85. The summed E-state index contributed by atoms with van der Waals surface area (Å²) >= 11 is 1.17. The number of anilines is 2. The number of hydrogen-bond acceptors (Lipinski definition) is 7. The summed E-state index contributed by atoms with van der Waals surface area (Å²) in [7, 11) is 1.32. The zero-order chi connectivity index (χ0) is 24.3. The van der Waals surface area contributed by atoms with Gasteiger partial charge in [-0.2, -0.15) is 5.06 Å². The van der Waals surface area contributed by atoms with E-state index in [1.807, 2.05) is 65.0 Å². The molecule has 3 rings (SSSR count). The van der Waals surface area contributed by atoms with E-state index < -0.39 is 12.2 Å². The van der Waals surface area contributed by atoms with Crippen LogP contribution in [0.4, 0.5) is 10.7 Å². The zero-order valence-electron chi connectivity index (χ0n) is 20.1. The summed E-state index contributed by atoms with van der Waals surface area (Å²) in [6, 6.07) is 5.82. The van der Waals surface area contributed by atoms with Crippen LogP contribution in [0.3, 0.4) is 0 Å². The van der Waals surface area contributed by atoms with Crippen LogP contribution in [0.5, 0.6) is 0 Å². The number of ether oxygens (including phenoxy) is 2. The Labute approximate surface area is 198 Å². The minimum absolute atomic E-state index is 0.280. The second kappa shape index (κ2) is 10.2. The van der Waals surface area contributed by atoms with Gasteiger partial charge in [0, 0.05) is 5.69 Å². The fourth-order valence-corrected chi connectivity index (χ4v) is 4.69. The van der Waals surface area contributed by atoms with E-state index in [9.17, 15) is 9.59 Å². The number of nitrogens with zero attached hydrogens (tertiary/aromatic N) is 1. The maximum absolute atomic E-state index is 13.2. The van der Waals surface area contributed by atoms with Crippen molar-refractivity contribution in [2.75, 3.05) is 24.1 Å². The number of nitrogens with one attached hydrogen (secondary N) is 1. The minimum atomic E-state index is -0.592. The lowest BCUT2D eigenvalue weighted by atomic mass is 10.1. The quantitative estimate of drug-likeness (QED) is 0.415. The third-order valence-electron chi connectivity index (χ3n) is 5.42. The predicted octanol–water partition coefficient (Wildman–Crippen LogP) is 5.68. The first-order chi connectivity index (χ1) is 15.7. The lowest BCUT2D eigenvalue weighted by molar-refractivity contribution is 0.0159. The van der Waals surface area contributed by atoms with Crippen molar-refractivity contribution in [2.24, 2.45) is 0 Å². The van der Waals surface area contributed by atoms with Crippen molar-refractivity contribution < 1.29 is 23.9 Å². The molecule has 0 bridgehead atoms. The Balaban J connectivity index is 2.04. The minimum Gasteiger partial charge on any atom is -0.469 e. The SMILES string of the molecule is CCON(c1sc(C(=O)Nc2ccc(C)cc2C)c(C)c1C(=O)OC)C1C=CC(C)=C(C)O1. The zero-order valence-corrected chi connectivity index (χ0v) is 20.9. The molecule has 7 nitrogen and oxygen atoms in total. The topological polar surface area (TPSA) is 77.1 Å². The van der Waals surface area contributed by atoms with Crippen LogP contribution in [0.25, 0.3) is 0 Å². The number of hydroxylamine groups is 1. The van der Waals surface area contributed by atoms with Crippen LogP contribution in [0.2, 0.25) is 0 Å². The molecule has 1 aliphatic rings. The van der Waals surface area contributed by atoms with Gasteiger partial charge in [-0.1, -0.05) is 23.8 Å². The largest absolute Gasteiger partial charge is 0.469 e. The molecule has 0 fully saturated rings. The van der Waals surface area contributed by atoms with Gasteiger partial charge in [0.05, 0.1) is 24.4 Å². The number of methoxy groups -OCH3 is 1. The highest BCUT2D eigenvalue weighted by Crippen LogP contribution is 2.39. The Hall–Kier alpha value is -3.10. The molecular weight excluding hydrogens is 440 g/mol. The highest BCUT2D eigenvalue weighted by molar-refractivity contribution is 7.18. The third-order valence-corrected chi connectivity index (χ3v) is 6.69. The Morgan fingerprint density at radius 3 is 2.52 bits per heavy atom. The Morgan fingerprint density at radius 1 is 1.18 bits per heavy atom. The van der Waals surface area contributed by atoms with Crippen LogP contribution < -0.4 is 10.4 Å². The molecule has 0 aliphatic carbocycles. The van der Waals surface area contributed by atoms with Crippen molar-refractivity contribution in [3.05, 3.63) is 68.8 Å². The maximum Gasteiger partial charge on any atom is 0.341 e. The first-order valence-corrected chi connectivity index (χ1v) is 11.5. The summed E-state index contributed by atoms with van der Waals surface area (Å²) in [6.07, 6.45) is 3.20. The van der Waals surface area contributed by atoms with Crippen LogP contribution in [-0.2, 0) is 14.3 Å². The number of benzene rings is 1. The van der Waals surface area contributed by atoms with E-state index in [-0.39, 0.29) is 11.5 Å². The molecule has 0 saturated heterocycles. The standard InChI is InChI=1S/C25H30N2O5S/c1-8-31-27(20-12-10-15(3)18(6)32-20)24-21(25(29)30-7)17(5)22(33-24)23(28)26-19-11-9-14(2)13-16(19)4/h9-13,20H,8H2,1-7H3,(H,26,28). The van der Waals surface area contributed by atoms with Crippen LogP contribution >= 0.6 is 11.3 Å². The van der Waals surface area contributed by atoms with Crippen molar-refractivity contribution in [3.63, 3.8) is 0 Å². The first kappa shape index (κ1) is 24.5. The number of rotatable bonds is 7. The highest BCUT2D eigenvalue weighted by atomic mass is 32.1. The van der Waals surface area contributed by atoms with Gasteiger partial charge in [0.2, 0.25) is 6.23 Å². The molecule has 2 heterocycles. The van der Waals surface area contributed by atoms with Gasteiger partial charge in [0.25, 0.3) is 5.91 Å². The van der Waals surface area contributed by atoms with E-state index in [0.717, 1.165) is 28.1 Å². The second-order valence-electron chi connectivity index (χ2n) is 7.85. The van der Waals surface area contributed by atoms with Gasteiger partial charge >= 0.3 is 5.97 Å². The molecule has 1 N–H and O–H groups in total. The van der Waals surface area contributed by atoms with E-state index in [2.05, 4.69) is 5.32 Å². The van der Waals surface area contributed by atoms with Crippen LogP contribution in [0.15, 0.2) is 41.7 Å². The van der Waals surface area contributed by atoms with E-state index in [0.29, 0.717) is 22.0 Å². The number of hydrogen-bond donors (Lipinski definition) is 1. The number of thiophene rings is 1. The molecule has 176 valence electrons. The fourth-order valence-electron chi connectivity index (χ4n) is 3.52. The molecule has 1 aromatic carbocycles. The summed E-state index contributed by atoms with van der Waals surface area (Å²) in [5.41, 5.74) is 4.60. The van der Waals surface area contributed by atoms with Crippen LogP contribution in [-0.4, -0.2) is 31.8 Å². The van der Waals surface area contributed by atoms with Crippen molar-refractivity contribution in [1.29, 1.82) is 0 Å². The number of esters is 1. The molecule has 1 aliphatic heterocycles. The lowest BCUT2D eigenvalue weighted by Crippen LogP contribution is -2.37. The maximum atomic E-state index is 13.2. The lowest BCUT2D eigenvalue weighted by Gasteiger charge is -2.32. The molecule has 0 saturated carbocycles. The van der Waals surface area contributed by atoms with Gasteiger partial charge in [-0.25, -0.2) is 4.79 Å². The van der Waals surface area contributed by atoms with Crippen molar-refractivity contribution >= 4 is 33.9 Å². The Kier molecular flexibility index (Phi) is 7.61. The predicted molar refractivity (Wildman–Crippen MR) is 131 cm³/mol. The molecule has 0 radical (unpaired) electrons. The van der Waals surface area contributed by atoms with Crippen molar-refractivity contribution in [2.45, 2.75) is 47.8 Å². The van der Waals surface area contributed by atoms with E-state index >= 15 is 0 Å². The number of carbonyl (C=O) groups excluding carboxylic acids is 2.